The van der Waals surface area contributed by atoms with Gasteiger partial charge < -0.3 is 16.6 Å². The smallest absolute Gasteiger partial charge is 0.323 e. The lowest BCUT2D eigenvalue weighted by molar-refractivity contribution is -0.143. The zero-order chi connectivity index (χ0) is 13.5. The molecule has 0 radical (unpaired) electrons. The molecule has 1 atom stereocenters. The summed E-state index contributed by atoms with van der Waals surface area (Å²) in [6, 6.07) is 0. The fourth-order valence-electron chi connectivity index (χ4n) is 1.12. The molecule has 0 spiro atoms. The van der Waals surface area contributed by atoms with Crippen LogP contribution >= 0.6 is 0 Å². The largest absolute Gasteiger partial charge is 0.480 e. The van der Waals surface area contributed by atoms with Gasteiger partial charge in [0, 0.05) is 13.0 Å². The minimum atomic E-state index is -1.40. The van der Waals surface area contributed by atoms with Gasteiger partial charge in [-0.15, -0.1) is 0 Å². The van der Waals surface area contributed by atoms with Gasteiger partial charge in [0.05, 0.1) is 11.7 Å². The molecule has 0 aliphatic carbocycles. The van der Waals surface area contributed by atoms with Crippen LogP contribution in [0.1, 0.15) is 33.1 Å². The van der Waals surface area contributed by atoms with Crippen molar-refractivity contribution in [3.05, 3.63) is 11.9 Å². The highest BCUT2D eigenvalue weighted by Crippen LogP contribution is 2.16. The van der Waals surface area contributed by atoms with Gasteiger partial charge in [-0.25, -0.2) is 4.39 Å². The molecule has 0 aromatic heterocycles. The lowest BCUT2D eigenvalue weighted by atomic mass is 9.93. The Balaban J connectivity index is 4.31. The fourth-order valence-corrected chi connectivity index (χ4v) is 1.12. The first-order valence-electron chi connectivity index (χ1n) is 5.45. The van der Waals surface area contributed by atoms with Gasteiger partial charge >= 0.3 is 5.97 Å². The van der Waals surface area contributed by atoms with Crippen LogP contribution in [0.3, 0.4) is 0 Å². The monoisotopic (exact) mass is 245 g/mol. The average Bonchev–Trinajstić information content (AvgIpc) is 2.25. The topological polar surface area (TPSA) is 102 Å². The van der Waals surface area contributed by atoms with E-state index in [1.54, 1.807) is 13.8 Å². The van der Waals surface area contributed by atoms with E-state index in [4.69, 9.17) is 16.6 Å². The maximum atomic E-state index is 13.3. The third kappa shape index (κ3) is 6.01. The van der Waals surface area contributed by atoms with E-state index < -0.39 is 17.3 Å². The highest BCUT2D eigenvalue weighted by molar-refractivity contribution is 5.78. The van der Waals surface area contributed by atoms with E-state index in [0.29, 0.717) is 5.84 Å². The Morgan fingerprint density at radius 3 is 2.59 bits per heavy atom. The Bertz CT molecular complexity index is 325. The second-order valence-corrected chi connectivity index (χ2v) is 3.94. The summed E-state index contributed by atoms with van der Waals surface area (Å²) in [6.45, 7) is 3.53. The van der Waals surface area contributed by atoms with Gasteiger partial charge in [0.25, 0.3) is 0 Å². The summed E-state index contributed by atoms with van der Waals surface area (Å²) in [5.41, 5.74) is 9.50. The lowest BCUT2D eigenvalue weighted by Gasteiger charge is -2.20. The van der Waals surface area contributed by atoms with Crippen molar-refractivity contribution in [2.24, 2.45) is 16.5 Å². The number of halogens is 1. The number of amidine groups is 1. The number of rotatable bonds is 7. The Morgan fingerprint density at radius 1 is 1.59 bits per heavy atom. The van der Waals surface area contributed by atoms with Crippen LogP contribution in [0.2, 0.25) is 0 Å². The van der Waals surface area contributed by atoms with Gasteiger partial charge in [-0.05, 0) is 19.8 Å². The Morgan fingerprint density at radius 2 is 2.18 bits per heavy atom. The van der Waals surface area contributed by atoms with Gasteiger partial charge in [0.2, 0.25) is 0 Å². The van der Waals surface area contributed by atoms with E-state index in [1.807, 2.05) is 0 Å². The van der Waals surface area contributed by atoms with Gasteiger partial charge in [-0.1, -0.05) is 13.0 Å². The number of carboxylic acids is 1. The van der Waals surface area contributed by atoms with Crippen molar-refractivity contribution in [3.8, 4) is 0 Å². The molecule has 0 heterocycles. The molecule has 0 aliphatic heterocycles. The van der Waals surface area contributed by atoms with Crippen molar-refractivity contribution in [3.63, 3.8) is 0 Å². The third-order valence-corrected chi connectivity index (χ3v) is 2.46. The van der Waals surface area contributed by atoms with Crippen LogP contribution in [-0.4, -0.2) is 29.0 Å². The molecule has 17 heavy (non-hydrogen) atoms. The molecule has 0 saturated heterocycles. The molecule has 6 heteroatoms. The van der Waals surface area contributed by atoms with Crippen molar-refractivity contribution < 1.29 is 14.3 Å². The van der Waals surface area contributed by atoms with E-state index >= 15 is 0 Å². The zero-order valence-electron chi connectivity index (χ0n) is 10.2. The molecule has 98 valence electrons. The lowest BCUT2D eigenvalue weighted by Crippen LogP contribution is -2.46. The van der Waals surface area contributed by atoms with Crippen LogP contribution in [0.15, 0.2) is 16.9 Å². The molecule has 0 amide bonds. The Hall–Kier alpha value is -1.43. The van der Waals surface area contributed by atoms with Crippen molar-refractivity contribution in [1.29, 1.82) is 0 Å². The number of nitrogens with zero attached hydrogens (tertiary/aromatic N) is 1. The number of aliphatic imine (C=N–C) groups is 1. The number of carboxylic acid groups (broad SMARTS) is 1. The minimum absolute atomic E-state index is 0.0318. The van der Waals surface area contributed by atoms with E-state index in [9.17, 15) is 9.18 Å². The summed E-state index contributed by atoms with van der Waals surface area (Å²) in [4.78, 5) is 14.7. The summed E-state index contributed by atoms with van der Waals surface area (Å²) < 4.78 is 13.3. The molecule has 0 aromatic rings. The first-order chi connectivity index (χ1) is 7.81. The van der Waals surface area contributed by atoms with E-state index in [-0.39, 0.29) is 25.8 Å². The van der Waals surface area contributed by atoms with Crippen molar-refractivity contribution in [1.82, 2.24) is 0 Å². The SMILES string of the molecule is CC[C@](N)(C/C=C(/F)CCN=C(C)N)C(=O)O. The third-order valence-electron chi connectivity index (χ3n) is 2.46. The molecule has 0 fully saturated rings. The van der Waals surface area contributed by atoms with Crippen LogP contribution < -0.4 is 11.5 Å². The molecule has 5 N–H and O–H groups in total. The number of hydrogen-bond acceptors (Lipinski definition) is 3. The van der Waals surface area contributed by atoms with Crippen LogP contribution in [0.25, 0.3) is 0 Å². The standard InChI is InChI=1S/C11H20FN3O2/c1-3-11(14,10(16)17)6-4-9(12)5-7-15-8(2)13/h4H,3,5-7,14H2,1-2H3,(H2,13,15)(H,16,17)/b9-4+/t11-/m0/s1. The predicted molar refractivity (Wildman–Crippen MR) is 65.4 cm³/mol. The quantitative estimate of drug-likeness (QED) is 0.463. The fraction of sp³-hybridized carbons (Fsp3) is 0.636. The number of carbonyl (C=O) groups is 1. The van der Waals surface area contributed by atoms with Crippen LogP contribution in [0, 0.1) is 0 Å². The summed E-state index contributed by atoms with van der Waals surface area (Å²) in [6.07, 6.45) is 1.52. The number of nitrogens with two attached hydrogens (primary N) is 2. The molecule has 0 rings (SSSR count). The van der Waals surface area contributed by atoms with Crippen molar-refractivity contribution in [2.45, 2.75) is 38.6 Å². The van der Waals surface area contributed by atoms with E-state index in [2.05, 4.69) is 4.99 Å². The Kier molecular flexibility index (Phi) is 6.42. The molecular formula is C11H20FN3O2. The van der Waals surface area contributed by atoms with E-state index in [0.717, 1.165) is 0 Å². The second-order valence-electron chi connectivity index (χ2n) is 3.94. The van der Waals surface area contributed by atoms with Crippen LogP contribution in [-0.2, 0) is 4.79 Å². The molecule has 0 bridgehead atoms. The average molecular weight is 245 g/mol. The first kappa shape index (κ1) is 15.6. The molecule has 0 unspecified atom stereocenters. The van der Waals surface area contributed by atoms with Crippen LogP contribution in [0.4, 0.5) is 4.39 Å². The van der Waals surface area contributed by atoms with Gasteiger partial charge in [-0.2, -0.15) is 0 Å². The summed E-state index contributed by atoms with van der Waals surface area (Å²) in [7, 11) is 0. The van der Waals surface area contributed by atoms with E-state index in [1.165, 1.54) is 6.08 Å². The molecular weight excluding hydrogens is 225 g/mol. The summed E-state index contributed by atoms with van der Waals surface area (Å²) in [5.74, 6) is -1.15. The van der Waals surface area contributed by atoms with Gasteiger partial charge in [-0.3, -0.25) is 9.79 Å². The summed E-state index contributed by atoms with van der Waals surface area (Å²) >= 11 is 0. The van der Waals surface area contributed by atoms with Crippen LogP contribution in [0.5, 0.6) is 0 Å². The highest BCUT2D eigenvalue weighted by Gasteiger charge is 2.30. The number of aliphatic carboxylic acids is 1. The molecule has 0 aromatic carbocycles. The van der Waals surface area contributed by atoms with Crippen molar-refractivity contribution >= 4 is 11.8 Å². The predicted octanol–water partition coefficient (Wildman–Crippen LogP) is 1.19. The van der Waals surface area contributed by atoms with Gasteiger partial charge in [0.1, 0.15) is 5.54 Å². The van der Waals surface area contributed by atoms with Gasteiger partial charge in [0.15, 0.2) is 0 Å². The maximum Gasteiger partial charge on any atom is 0.323 e. The molecule has 0 aliphatic rings. The molecule has 5 nitrogen and oxygen atoms in total. The highest BCUT2D eigenvalue weighted by atomic mass is 19.1. The normalized spacial score (nSPS) is 16.7. The Labute approximate surface area is 100 Å². The maximum absolute atomic E-state index is 13.3. The number of hydrogen-bond donors (Lipinski definition) is 3. The molecule has 0 saturated carbocycles. The zero-order valence-corrected chi connectivity index (χ0v) is 10.2. The van der Waals surface area contributed by atoms with Crippen molar-refractivity contribution in [2.75, 3.05) is 6.54 Å². The first-order valence-corrected chi connectivity index (χ1v) is 5.45. The minimum Gasteiger partial charge on any atom is -0.480 e. The second kappa shape index (κ2) is 7.01. The summed E-state index contributed by atoms with van der Waals surface area (Å²) in [5, 5.41) is 8.88.